The summed E-state index contributed by atoms with van der Waals surface area (Å²) in [5.74, 6) is -1.87. The lowest BCUT2D eigenvalue weighted by molar-refractivity contribution is -0.127. The van der Waals surface area contributed by atoms with Crippen LogP contribution >= 0.6 is 11.3 Å². The third-order valence-electron chi connectivity index (χ3n) is 6.07. The molecule has 6 nitrogen and oxygen atoms in total. The number of fused-ring (bicyclic) bond motifs is 1. The van der Waals surface area contributed by atoms with Gasteiger partial charge in [-0.1, -0.05) is 43.3 Å². The zero-order chi connectivity index (χ0) is 26.9. The first-order valence-electron chi connectivity index (χ1n) is 12.5. The molecule has 0 aliphatic carbocycles. The van der Waals surface area contributed by atoms with Crippen molar-refractivity contribution in [3.8, 4) is 0 Å². The van der Waals surface area contributed by atoms with Crippen LogP contribution in [0.3, 0.4) is 0 Å². The normalized spacial score (nSPS) is 12.9. The van der Waals surface area contributed by atoms with E-state index >= 15 is 0 Å². The van der Waals surface area contributed by atoms with Crippen LogP contribution in [-0.4, -0.2) is 41.3 Å². The number of ether oxygens (including phenoxy) is 1. The highest BCUT2D eigenvalue weighted by Crippen LogP contribution is 2.22. The van der Waals surface area contributed by atoms with Crippen LogP contribution in [0.4, 0.5) is 8.78 Å². The molecule has 0 saturated heterocycles. The first kappa shape index (κ1) is 27.8. The third kappa shape index (κ3) is 8.13. The van der Waals surface area contributed by atoms with E-state index in [9.17, 15) is 18.7 Å². The Morgan fingerprint density at radius 2 is 1.79 bits per heavy atom. The minimum absolute atomic E-state index is 0.0481. The van der Waals surface area contributed by atoms with E-state index in [1.807, 2.05) is 36.4 Å². The topological polar surface area (TPSA) is 83.5 Å². The summed E-state index contributed by atoms with van der Waals surface area (Å²) in [4.78, 5) is 17.2. The summed E-state index contributed by atoms with van der Waals surface area (Å²) in [6.45, 7) is 2.72. The number of para-hydroxylation sites is 1. The molecule has 0 fully saturated rings. The zero-order valence-electron chi connectivity index (χ0n) is 21.1. The summed E-state index contributed by atoms with van der Waals surface area (Å²) in [6.07, 6.45) is -0.0358. The number of aromatic nitrogens is 1. The van der Waals surface area contributed by atoms with Crippen molar-refractivity contribution < 1.29 is 23.4 Å². The number of aliphatic hydroxyl groups is 1. The van der Waals surface area contributed by atoms with E-state index in [1.54, 1.807) is 0 Å². The Labute approximate surface area is 224 Å². The van der Waals surface area contributed by atoms with Gasteiger partial charge in [-0.25, -0.2) is 13.8 Å². The van der Waals surface area contributed by atoms with Crippen LogP contribution in [0.25, 0.3) is 10.2 Å². The summed E-state index contributed by atoms with van der Waals surface area (Å²) in [7, 11) is 0. The monoisotopic (exact) mass is 539 g/mol. The van der Waals surface area contributed by atoms with E-state index in [-0.39, 0.29) is 26.2 Å². The van der Waals surface area contributed by atoms with Crippen molar-refractivity contribution >= 4 is 27.5 Å². The average molecular weight is 540 g/mol. The second kappa shape index (κ2) is 13.5. The first-order chi connectivity index (χ1) is 18.4. The van der Waals surface area contributed by atoms with E-state index in [0.717, 1.165) is 33.3 Å². The van der Waals surface area contributed by atoms with Crippen LogP contribution in [-0.2, 0) is 35.5 Å². The van der Waals surface area contributed by atoms with Crippen molar-refractivity contribution in [2.75, 3.05) is 13.2 Å². The summed E-state index contributed by atoms with van der Waals surface area (Å²) < 4.78 is 34.1. The molecule has 0 saturated carbocycles. The molecule has 0 bridgehead atoms. The third-order valence-corrected chi connectivity index (χ3v) is 7.08. The number of aryl methyl sites for hydroxylation is 1. The highest BCUT2D eigenvalue weighted by Gasteiger charge is 2.22. The van der Waals surface area contributed by atoms with Crippen molar-refractivity contribution in [2.24, 2.45) is 0 Å². The lowest BCUT2D eigenvalue weighted by atomic mass is 10.0. The van der Waals surface area contributed by atoms with Crippen LogP contribution in [0.15, 0.2) is 66.7 Å². The molecule has 200 valence electrons. The lowest BCUT2D eigenvalue weighted by Crippen LogP contribution is -2.49. The maximum absolute atomic E-state index is 13.8. The van der Waals surface area contributed by atoms with E-state index in [2.05, 4.69) is 34.7 Å². The summed E-state index contributed by atoms with van der Waals surface area (Å²) in [6, 6.07) is 18.3. The van der Waals surface area contributed by atoms with Gasteiger partial charge in [0.05, 0.1) is 29.0 Å². The van der Waals surface area contributed by atoms with E-state index in [4.69, 9.17) is 4.74 Å². The fourth-order valence-electron chi connectivity index (χ4n) is 4.19. The largest absolute Gasteiger partial charge is 0.390 e. The molecular weight excluding hydrogens is 508 g/mol. The zero-order valence-corrected chi connectivity index (χ0v) is 21.9. The second-order valence-electron chi connectivity index (χ2n) is 9.10. The van der Waals surface area contributed by atoms with E-state index < -0.39 is 29.7 Å². The van der Waals surface area contributed by atoms with Crippen LogP contribution < -0.4 is 10.6 Å². The number of thiazole rings is 1. The lowest BCUT2D eigenvalue weighted by Gasteiger charge is -2.25. The van der Waals surface area contributed by atoms with Crippen molar-refractivity contribution in [2.45, 2.75) is 45.1 Å². The predicted octanol–water partition coefficient (Wildman–Crippen LogP) is 4.53. The van der Waals surface area contributed by atoms with Gasteiger partial charge in [0.1, 0.15) is 23.2 Å². The van der Waals surface area contributed by atoms with Crippen molar-refractivity contribution in [1.29, 1.82) is 0 Å². The molecule has 0 unspecified atom stereocenters. The highest BCUT2D eigenvalue weighted by atomic mass is 32.1. The maximum Gasteiger partial charge on any atom is 0.246 e. The van der Waals surface area contributed by atoms with Gasteiger partial charge >= 0.3 is 0 Å². The molecule has 1 aromatic heterocycles. The van der Waals surface area contributed by atoms with Gasteiger partial charge in [-0.2, -0.15) is 0 Å². The van der Waals surface area contributed by atoms with E-state index in [0.29, 0.717) is 12.1 Å². The first-order valence-corrected chi connectivity index (χ1v) is 13.3. The molecule has 3 aromatic carbocycles. The second-order valence-corrected chi connectivity index (χ2v) is 10.2. The summed E-state index contributed by atoms with van der Waals surface area (Å²) >= 11 is 1.49. The maximum atomic E-state index is 13.8. The van der Waals surface area contributed by atoms with Gasteiger partial charge in [-0.05, 0) is 53.8 Å². The van der Waals surface area contributed by atoms with Crippen molar-refractivity contribution in [3.63, 3.8) is 0 Å². The quantitative estimate of drug-likeness (QED) is 0.233. The molecule has 4 aromatic rings. The molecule has 0 spiro atoms. The fraction of sp³-hybridized carbons (Fsp3) is 0.310. The molecule has 4 rings (SSSR count). The number of nitrogens with zero attached hydrogens (tertiary/aromatic N) is 1. The van der Waals surface area contributed by atoms with Crippen LogP contribution in [0.2, 0.25) is 0 Å². The summed E-state index contributed by atoms with van der Waals surface area (Å²) in [5, 5.41) is 17.6. The Bertz CT molecular complexity index is 1310. The van der Waals surface area contributed by atoms with Crippen LogP contribution in [0, 0.1) is 11.6 Å². The number of nitrogens with one attached hydrogen (secondary N) is 2. The number of rotatable bonds is 13. The number of carbonyl (C=O) groups excluding carboxylic acids is 1. The minimum atomic E-state index is -1.01. The molecule has 0 radical (unpaired) electrons. The molecule has 3 N–H and O–H groups in total. The Kier molecular flexibility index (Phi) is 9.89. The fourth-order valence-corrected chi connectivity index (χ4v) is 5.10. The number of amides is 1. The number of hydrogen-bond acceptors (Lipinski definition) is 6. The van der Waals surface area contributed by atoms with Gasteiger partial charge in [0.15, 0.2) is 0 Å². The molecular formula is C29H31F2N3O3S. The van der Waals surface area contributed by atoms with Crippen LogP contribution in [0.1, 0.15) is 28.6 Å². The molecule has 38 heavy (non-hydrogen) atoms. The smallest absolute Gasteiger partial charge is 0.246 e. The number of halogens is 2. The Balaban J connectivity index is 1.34. The molecule has 9 heteroatoms. The van der Waals surface area contributed by atoms with Gasteiger partial charge in [0.25, 0.3) is 0 Å². The highest BCUT2D eigenvalue weighted by molar-refractivity contribution is 7.18. The minimum Gasteiger partial charge on any atom is -0.390 e. The summed E-state index contributed by atoms with van der Waals surface area (Å²) in [5.41, 5.74) is 3.50. The Morgan fingerprint density at radius 3 is 2.55 bits per heavy atom. The molecule has 2 atom stereocenters. The molecule has 1 heterocycles. The SMILES string of the molecule is CCc1cccc(CNC[C@H](O)[C@@H](Cc2cc(F)cc(F)c2)NC(=O)COCc2nc3ccccc3s2)c1. The number of benzene rings is 3. The molecule has 0 aliphatic rings. The predicted molar refractivity (Wildman–Crippen MR) is 145 cm³/mol. The van der Waals surface area contributed by atoms with Gasteiger partial charge in [0, 0.05) is 19.2 Å². The van der Waals surface area contributed by atoms with Crippen molar-refractivity contribution in [3.05, 3.63) is 100 Å². The average Bonchev–Trinajstić information content (AvgIpc) is 3.30. The van der Waals surface area contributed by atoms with Gasteiger partial charge < -0.3 is 20.5 Å². The molecule has 1 amide bonds. The van der Waals surface area contributed by atoms with Crippen molar-refractivity contribution in [1.82, 2.24) is 15.6 Å². The number of aliphatic hydroxyl groups excluding tert-OH is 1. The number of hydrogen-bond donors (Lipinski definition) is 3. The molecule has 0 aliphatic heterocycles. The van der Waals surface area contributed by atoms with Gasteiger partial charge in [-0.15, -0.1) is 11.3 Å². The van der Waals surface area contributed by atoms with Gasteiger partial charge in [0.2, 0.25) is 5.91 Å². The Morgan fingerprint density at radius 1 is 1.03 bits per heavy atom. The Hall–Kier alpha value is -3.24. The van der Waals surface area contributed by atoms with Crippen LogP contribution in [0.5, 0.6) is 0 Å². The number of carbonyl (C=O) groups is 1. The van der Waals surface area contributed by atoms with E-state index in [1.165, 1.54) is 29.0 Å². The standard InChI is InChI=1S/C29H31F2N3O3S/c1-2-19-6-5-7-20(10-19)15-32-16-26(35)25(13-21-11-22(30)14-23(31)12-21)33-28(36)17-37-18-29-34-24-8-3-4-9-27(24)38-29/h3-12,14,25-26,32,35H,2,13,15-18H2,1H3,(H,33,36)/t25-,26+/m1/s1. The van der Waals surface area contributed by atoms with Gasteiger partial charge in [-0.3, -0.25) is 4.79 Å².